The Labute approximate surface area is 199 Å². The third-order valence-corrected chi connectivity index (χ3v) is 7.12. The highest BCUT2D eigenvalue weighted by molar-refractivity contribution is 7.99. The van der Waals surface area contributed by atoms with Crippen molar-refractivity contribution in [1.29, 1.82) is 0 Å². The van der Waals surface area contributed by atoms with Gasteiger partial charge in [-0.1, -0.05) is 17.8 Å². The lowest BCUT2D eigenvalue weighted by atomic mass is 9.73. The van der Waals surface area contributed by atoms with Crippen molar-refractivity contribution in [3.05, 3.63) is 36.7 Å². The predicted molar refractivity (Wildman–Crippen MR) is 129 cm³/mol. The van der Waals surface area contributed by atoms with Gasteiger partial charge in [0.2, 0.25) is 0 Å². The molecule has 1 amide bonds. The van der Waals surface area contributed by atoms with Gasteiger partial charge in [-0.2, -0.15) is 0 Å². The molecule has 0 bridgehead atoms. The standard InChI is InChI=1S/C24H33N5O3S/c1-16-21(28-22(30)32-23(2,3)4)24(15-31-16)8-10-29(11-9-24)19-13-27-20(14-26-19)33-18-7-5-6-17(25)12-18/h5-7,12-14,16,21H,8-11,15,25H2,1-4H3,(H,28,30)/t16-,21+/m0/s1. The Morgan fingerprint density at radius 3 is 2.67 bits per heavy atom. The van der Waals surface area contributed by atoms with Gasteiger partial charge in [0, 0.05) is 29.1 Å². The second-order valence-corrected chi connectivity index (χ2v) is 11.0. The van der Waals surface area contributed by atoms with Gasteiger partial charge in [-0.05, 0) is 58.7 Å². The van der Waals surface area contributed by atoms with Crippen molar-refractivity contribution in [2.24, 2.45) is 5.41 Å². The molecule has 2 saturated heterocycles. The van der Waals surface area contributed by atoms with Crippen LogP contribution in [0, 0.1) is 5.41 Å². The molecule has 0 radical (unpaired) electrons. The lowest BCUT2D eigenvalue weighted by molar-refractivity contribution is 0.0434. The van der Waals surface area contributed by atoms with Crippen molar-refractivity contribution in [3.63, 3.8) is 0 Å². The van der Waals surface area contributed by atoms with E-state index in [1.54, 1.807) is 18.0 Å². The van der Waals surface area contributed by atoms with Crippen LogP contribution in [0.4, 0.5) is 16.3 Å². The van der Waals surface area contributed by atoms with Gasteiger partial charge >= 0.3 is 6.09 Å². The molecule has 2 aromatic rings. The summed E-state index contributed by atoms with van der Waals surface area (Å²) >= 11 is 1.54. The second kappa shape index (κ2) is 9.38. The van der Waals surface area contributed by atoms with E-state index in [0.717, 1.165) is 47.4 Å². The molecule has 0 unspecified atom stereocenters. The van der Waals surface area contributed by atoms with Gasteiger partial charge in [-0.15, -0.1) is 0 Å². The molecule has 2 aliphatic heterocycles. The van der Waals surface area contributed by atoms with Crippen molar-refractivity contribution in [3.8, 4) is 0 Å². The maximum Gasteiger partial charge on any atom is 0.407 e. The topological polar surface area (TPSA) is 103 Å². The summed E-state index contributed by atoms with van der Waals surface area (Å²) in [7, 11) is 0. The summed E-state index contributed by atoms with van der Waals surface area (Å²) in [6.07, 6.45) is 5.01. The molecule has 1 aromatic carbocycles. The number of rotatable bonds is 4. The SMILES string of the molecule is C[C@@H]1OCC2(CCN(c3cnc(Sc4cccc(N)c4)cn3)CC2)[C@@H]1NC(=O)OC(C)(C)C. The van der Waals surface area contributed by atoms with Crippen LogP contribution in [0.1, 0.15) is 40.5 Å². The number of amides is 1. The average Bonchev–Trinajstić information content (AvgIpc) is 3.03. The van der Waals surface area contributed by atoms with Crippen LogP contribution >= 0.6 is 11.8 Å². The fourth-order valence-corrected chi connectivity index (χ4v) is 5.34. The zero-order valence-electron chi connectivity index (χ0n) is 19.7. The number of anilines is 2. The number of hydrogen-bond donors (Lipinski definition) is 2. The lowest BCUT2D eigenvalue weighted by Gasteiger charge is -2.42. The second-order valence-electron chi connectivity index (χ2n) is 9.88. The quantitative estimate of drug-likeness (QED) is 0.643. The molecular formula is C24H33N5O3S. The number of nitrogens with zero attached hydrogens (tertiary/aromatic N) is 3. The first-order valence-electron chi connectivity index (χ1n) is 11.4. The number of alkyl carbamates (subject to hydrolysis) is 1. The average molecular weight is 472 g/mol. The van der Waals surface area contributed by atoms with Gasteiger partial charge in [0.15, 0.2) is 0 Å². The molecule has 3 N–H and O–H groups in total. The fraction of sp³-hybridized carbons (Fsp3) is 0.542. The first-order valence-corrected chi connectivity index (χ1v) is 12.2. The van der Waals surface area contributed by atoms with Crippen LogP contribution in [0.2, 0.25) is 0 Å². The Morgan fingerprint density at radius 1 is 1.27 bits per heavy atom. The van der Waals surface area contributed by atoms with Gasteiger partial charge < -0.3 is 25.4 Å². The summed E-state index contributed by atoms with van der Waals surface area (Å²) in [5.74, 6) is 0.866. The van der Waals surface area contributed by atoms with E-state index >= 15 is 0 Å². The molecule has 9 heteroatoms. The third kappa shape index (κ3) is 5.70. The maximum absolute atomic E-state index is 12.4. The molecule has 1 aromatic heterocycles. The van der Waals surface area contributed by atoms with Crippen LogP contribution in [0.15, 0.2) is 46.6 Å². The van der Waals surface area contributed by atoms with Crippen molar-refractivity contribution >= 4 is 29.4 Å². The van der Waals surface area contributed by atoms with Gasteiger partial charge in [0.25, 0.3) is 0 Å². The molecule has 2 fully saturated rings. The van der Waals surface area contributed by atoms with Crippen molar-refractivity contribution in [2.45, 2.75) is 68.2 Å². The molecule has 2 atom stereocenters. The minimum atomic E-state index is -0.528. The summed E-state index contributed by atoms with van der Waals surface area (Å²) in [4.78, 5) is 25.0. The number of ether oxygens (including phenoxy) is 2. The van der Waals surface area contributed by atoms with E-state index in [0.29, 0.717) is 6.61 Å². The molecule has 33 heavy (non-hydrogen) atoms. The molecule has 178 valence electrons. The first kappa shape index (κ1) is 23.6. The van der Waals surface area contributed by atoms with Gasteiger partial charge in [0.05, 0.1) is 31.1 Å². The van der Waals surface area contributed by atoms with E-state index < -0.39 is 5.60 Å². The molecule has 1 spiro atoms. The molecular weight excluding hydrogens is 438 g/mol. The smallest absolute Gasteiger partial charge is 0.407 e. The zero-order chi connectivity index (χ0) is 23.6. The fourth-order valence-electron chi connectivity index (χ4n) is 4.55. The number of nitrogen functional groups attached to an aromatic ring is 1. The highest BCUT2D eigenvalue weighted by Gasteiger charge is 2.50. The van der Waals surface area contributed by atoms with Crippen LogP contribution in [0.25, 0.3) is 0 Å². The largest absolute Gasteiger partial charge is 0.444 e. The highest BCUT2D eigenvalue weighted by atomic mass is 32.2. The molecule has 3 heterocycles. The van der Waals surface area contributed by atoms with Crippen LogP contribution in [0.5, 0.6) is 0 Å². The van der Waals surface area contributed by atoms with Crippen molar-refractivity contribution in [2.75, 3.05) is 30.3 Å². The number of carbonyl (C=O) groups is 1. The zero-order valence-corrected chi connectivity index (χ0v) is 20.5. The van der Waals surface area contributed by atoms with Crippen molar-refractivity contribution in [1.82, 2.24) is 15.3 Å². The molecule has 8 nitrogen and oxygen atoms in total. The van der Waals surface area contributed by atoms with E-state index in [4.69, 9.17) is 15.2 Å². The Balaban J connectivity index is 1.37. The van der Waals surface area contributed by atoms with Gasteiger partial charge in [0.1, 0.15) is 16.4 Å². The number of piperidine rings is 1. The normalized spacial score (nSPS) is 22.4. The van der Waals surface area contributed by atoms with E-state index in [1.165, 1.54) is 0 Å². The summed E-state index contributed by atoms with van der Waals surface area (Å²) < 4.78 is 11.5. The van der Waals surface area contributed by atoms with E-state index in [1.807, 2.05) is 58.2 Å². The monoisotopic (exact) mass is 471 g/mol. The van der Waals surface area contributed by atoms with Crippen LogP contribution < -0.4 is 16.0 Å². The number of nitrogens with two attached hydrogens (primary N) is 1. The Kier molecular flexibility index (Phi) is 6.72. The maximum atomic E-state index is 12.4. The van der Waals surface area contributed by atoms with Gasteiger partial charge in [-0.3, -0.25) is 0 Å². The molecule has 4 rings (SSSR count). The summed E-state index contributed by atoms with van der Waals surface area (Å²) in [5.41, 5.74) is 5.97. The minimum absolute atomic E-state index is 0.0489. The predicted octanol–water partition coefficient (Wildman–Crippen LogP) is 4.11. The molecule has 2 aliphatic rings. The van der Waals surface area contributed by atoms with E-state index in [-0.39, 0.29) is 23.7 Å². The first-order chi connectivity index (χ1) is 15.6. The summed E-state index contributed by atoms with van der Waals surface area (Å²) in [6.45, 7) is 9.94. The van der Waals surface area contributed by atoms with E-state index in [9.17, 15) is 4.79 Å². The van der Waals surface area contributed by atoms with Gasteiger partial charge in [-0.25, -0.2) is 14.8 Å². The number of carbonyl (C=O) groups excluding carboxylic acids is 1. The number of hydrogen-bond acceptors (Lipinski definition) is 8. The lowest BCUT2D eigenvalue weighted by Crippen LogP contribution is -2.55. The Hall–Kier alpha value is -2.52. The number of benzene rings is 1. The van der Waals surface area contributed by atoms with Crippen molar-refractivity contribution < 1.29 is 14.3 Å². The third-order valence-electron chi connectivity index (χ3n) is 6.21. The highest BCUT2D eigenvalue weighted by Crippen LogP contribution is 2.43. The Bertz CT molecular complexity index is 971. The number of nitrogens with one attached hydrogen (secondary N) is 1. The van der Waals surface area contributed by atoms with Crippen LogP contribution in [0.3, 0.4) is 0 Å². The number of aromatic nitrogens is 2. The van der Waals surface area contributed by atoms with Crippen LogP contribution in [-0.2, 0) is 9.47 Å². The molecule has 0 aliphatic carbocycles. The molecule has 0 saturated carbocycles. The minimum Gasteiger partial charge on any atom is -0.444 e. The summed E-state index contributed by atoms with van der Waals surface area (Å²) in [5, 5.41) is 3.92. The Morgan fingerprint density at radius 2 is 2.03 bits per heavy atom. The van der Waals surface area contributed by atoms with Crippen LogP contribution in [-0.4, -0.2) is 53.5 Å². The summed E-state index contributed by atoms with van der Waals surface area (Å²) in [6, 6.07) is 7.66. The van der Waals surface area contributed by atoms with E-state index in [2.05, 4.69) is 20.2 Å².